The zero-order chi connectivity index (χ0) is 26.9. The molecule has 0 bridgehead atoms. The van der Waals surface area contributed by atoms with Crippen molar-refractivity contribution in [3.63, 3.8) is 0 Å². The maximum atomic E-state index is 5.99. The van der Waals surface area contributed by atoms with Crippen LogP contribution in [0.2, 0.25) is 0 Å². The summed E-state index contributed by atoms with van der Waals surface area (Å²) in [6.45, 7) is 18.9. The van der Waals surface area contributed by atoms with E-state index in [0.717, 1.165) is 24.6 Å². The smallest absolute Gasteiger partial charge is 0.125 e. The SMILES string of the molecule is Cc1cccc(C)c1OCC(C)NCCOCCOCCOCCNC(C)COc1c(C)cccc1C. The average molecular weight is 517 g/mol. The highest BCUT2D eigenvalue weighted by molar-refractivity contribution is 5.40. The Morgan fingerprint density at radius 1 is 0.541 bits per heavy atom. The molecule has 208 valence electrons. The average Bonchev–Trinajstić information content (AvgIpc) is 2.86. The third-order valence-corrected chi connectivity index (χ3v) is 6.00. The van der Waals surface area contributed by atoms with E-state index in [4.69, 9.17) is 23.7 Å². The number of benzene rings is 2. The van der Waals surface area contributed by atoms with Crippen molar-refractivity contribution in [2.75, 3.05) is 65.9 Å². The van der Waals surface area contributed by atoms with Gasteiger partial charge in [0.1, 0.15) is 24.7 Å². The normalized spacial score (nSPS) is 12.9. The van der Waals surface area contributed by atoms with Gasteiger partial charge in [-0.1, -0.05) is 36.4 Å². The third-order valence-electron chi connectivity index (χ3n) is 6.00. The fourth-order valence-electron chi connectivity index (χ4n) is 3.89. The Morgan fingerprint density at radius 3 is 1.22 bits per heavy atom. The summed E-state index contributed by atoms with van der Waals surface area (Å²) in [5.41, 5.74) is 4.67. The number of nitrogens with one attached hydrogen (secondary N) is 2. The first-order valence-electron chi connectivity index (χ1n) is 13.5. The van der Waals surface area contributed by atoms with Gasteiger partial charge < -0.3 is 34.3 Å². The fraction of sp³-hybridized carbons (Fsp3) is 0.600. The van der Waals surface area contributed by atoms with Crippen LogP contribution in [0.15, 0.2) is 36.4 Å². The third kappa shape index (κ3) is 12.8. The molecule has 7 heteroatoms. The van der Waals surface area contributed by atoms with Crippen molar-refractivity contribution in [2.45, 2.75) is 53.6 Å². The minimum atomic E-state index is 0.248. The summed E-state index contributed by atoms with van der Waals surface area (Å²) in [5.74, 6) is 1.97. The fourth-order valence-corrected chi connectivity index (χ4v) is 3.89. The second-order valence-corrected chi connectivity index (χ2v) is 9.61. The van der Waals surface area contributed by atoms with Gasteiger partial charge in [0.15, 0.2) is 0 Å². The molecular weight excluding hydrogens is 468 g/mol. The first kappa shape index (κ1) is 31.1. The van der Waals surface area contributed by atoms with Crippen LogP contribution in [0.4, 0.5) is 0 Å². The molecule has 2 aromatic rings. The lowest BCUT2D eigenvalue weighted by atomic mass is 10.1. The van der Waals surface area contributed by atoms with Crippen LogP contribution in [0.5, 0.6) is 11.5 Å². The molecule has 2 N–H and O–H groups in total. The van der Waals surface area contributed by atoms with Gasteiger partial charge in [-0.05, 0) is 63.8 Å². The molecule has 2 aromatic carbocycles. The highest BCUT2D eigenvalue weighted by atomic mass is 16.5. The maximum Gasteiger partial charge on any atom is 0.125 e. The van der Waals surface area contributed by atoms with Crippen molar-refractivity contribution in [3.05, 3.63) is 58.7 Å². The second-order valence-electron chi connectivity index (χ2n) is 9.61. The standard InChI is InChI=1S/C30H48N2O5/c1-23-9-7-10-24(2)29(23)36-21-27(5)31-13-15-33-17-19-35-20-18-34-16-14-32-28(6)22-37-30-25(3)11-8-12-26(30)4/h7-12,27-28,31-32H,13-22H2,1-6H3. The zero-order valence-electron chi connectivity index (χ0n) is 23.7. The molecule has 0 aliphatic rings. The van der Waals surface area contributed by atoms with E-state index in [1.54, 1.807) is 0 Å². The summed E-state index contributed by atoms with van der Waals surface area (Å²) in [5, 5.41) is 6.85. The van der Waals surface area contributed by atoms with Gasteiger partial charge in [-0.25, -0.2) is 0 Å². The number of hydrogen-bond donors (Lipinski definition) is 2. The molecule has 0 amide bonds. The van der Waals surface area contributed by atoms with E-state index in [1.165, 1.54) is 22.3 Å². The molecule has 37 heavy (non-hydrogen) atoms. The molecule has 0 spiro atoms. The van der Waals surface area contributed by atoms with Crippen LogP contribution in [0.1, 0.15) is 36.1 Å². The summed E-state index contributed by atoms with van der Waals surface area (Å²) < 4.78 is 28.8. The number of aryl methyl sites for hydroxylation is 4. The first-order chi connectivity index (χ1) is 17.9. The molecule has 2 unspecified atom stereocenters. The Hall–Kier alpha value is -2.16. The molecule has 0 aliphatic heterocycles. The quantitative estimate of drug-likeness (QED) is 0.253. The van der Waals surface area contributed by atoms with Crippen molar-refractivity contribution < 1.29 is 23.7 Å². The predicted molar refractivity (Wildman–Crippen MR) is 150 cm³/mol. The lowest BCUT2D eigenvalue weighted by Gasteiger charge is -2.17. The summed E-state index contributed by atoms with van der Waals surface area (Å²) >= 11 is 0. The van der Waals surface area contributed by atoms with Crippen molar-refractivity contribution in [2.24, 2.45) is 0 Å². The summed E-state index contributed by atoms with van der Waals surface area (Å²) in [6, 6.07) is 12.9. The topological polar surface area (TPSA) is 70.2 Å². The van der Waals surface area contributed by atoms with Crippen LogP contribution in [0, 0.1) is 27.7 Å². The number of ether oxygens (including phenoxy) is 5. The van der Waals surface area contributed by atoms with Crippen LogP contribution >= 0.6 is 0 Å². The van der Waals surface area contributed by atoms with Gasteiger partial charge in [-0.15, -0.1) is 0 Å². The molecule has 2 atom stereocenters. The van der Waals surface area contributed by atoms with Crippen molar-refractivity contribution in [1.29, 1.82) is 0 Å². The van der Waals surface area contributed by atoms with Crippen LogP contribution < -0.4 is 20.1 Å². The van der Waals surface area contributed by atoms with Gasteiger partial charge in [0, 0.05) is 25.2 Å². The van der Waals surface area contributed by atoms with E-state index >= 15 is 0 Å². The van der Waals surface area contributed by atoms with Gasteiger partial charge in [0.2, 0.25) is 0 Å². The summed E-state index contributed by atoms with van der Waals surface area (Å²) in [4.78, 5) is 0. The van der Waals surface area contributed by atoms with Gasteiger partial charge in [0.25, 0.3) is 0 Å². The van der Waals surface area contributed by atoms with Crippen molar-refractivity contribution >= 4 is 0 Å². The summed E-state index contributed by atoms with van der Waals surface area (Å²) in [6.07, 6.45) is 0. The number of para-hydroxylation sites is 2. The first-order valence-corrected chi connectivity index (χ1v) is 13.5. The van der Waals surface area contributed by atoms with Crippen LogP contribution in [0.3, 0.4) is 0 Å². The van der Waals surface area contributed by atoms with E-state index in [0.29, 0.717) is 52.9 Å². The van der Waals surface area contributed by atoms with Gasteiger partial charge in [-0.3, -0.25) is 0 Å². The van der Waals surface area contributed by atoms with E-state index in [2.05, 4.69) is 88.6 Å². The Kier molecular flexibility index (Phi) is 15.2. The Bertz CT molecular complexity index is 780. The number of hydrogen-bond acceptors (Lipinski definition) is 7. The molecule has 7 nitrogen and oxygen atoms in total. The minimum Gasteiger partial charge on any atom is -0.491 e. The van der Waals surface area contributed by atoms with E-state index < -0.39 is 0 Å². The molecule has 0 aromatic heterocycles. The lowest BCUT2D eigenvalue weighted by Crippen LogP contribution is -2.34. The number of rotatable bonds is 20. The minimum absolute atomic E-state index is 0.248. The van der Waals surface area contributed by atoms with E-state index in [9.17, 15) is 0 Å². The predicted octanol–water partition coefficient (Wildman–Crippen LogP) is 4.38. The molecule has 0 radical (unpaired) electrons. The van der Waals surface area contributed by atoms with Crippen LogP contribution in [-0.2, 0) is 14.2 Å². The molecule has 2 rings (SSSR count). The van der Waals surface area contributed by atoms with Crippen LogP contribution in [0.25, 0.3) is 0 Å². The van der Waals surface area contributed by atoms with Crippen molar-refractivity contribution in [1.82, 2.24) is 10.6 Å². The summed E-state index contributed by atoms with van der Waals surface area (Å²) in [7, 11) is 0. The highest BCUT2D eigenvalue weighted by Crippen LogP contribution is 2.23. The maximum absolute atomic E-state index is 5.99. The molecule has 0 saturated carbocycles. The lowest BCUT2D eigenvalue weighted by molar-refractivity contribution is 0.0150. The second kappa shape index (κ2) is 18.2. The van der Waals surface area contributed by atoms with Crippen molar-refractivity contribution in [3.8, 4) is 11.5 Å². The van der Waals surface area contributed by atoms with Gasteiger partial charge in [-0.2, -0.15) is 0 Å². The van der Waals surface area contributed by atoms with Crippen LogP contribution in [-0.4, -0.2) is 78.0 Å². The Balaban J connectivity index is 1.35. The molecule has 0 aliphatic carbocycles. The highest BCUT2D eigenvalue weighted by Gasteiger charge is 2.08. The largest absolute Gasteiger partial charge is 0.491 e. The van der Waals surface area contributed by atoms with Gasteiger partial charge >= 0.3 is 0 Å². The Morgan fingerprint density at radius 2 is 0.865 bits per heavy atom. The molecule has 0 saturated heterocycles. The zero-order valence-corrected chi connectivity index (χ0v) is 23.7. The van der Waals surface area contributed by atoms with Gasteiger partial charge in [0.05, 0.1) is 39.6 Å². The molecule has 0 fully saturated rings. The monoisotopic (exact) mass is 516 g/mol. The molecular formula is C30H48N2O5. The Labute approximate surface area is 224 Å². The van der Waals surface area contributed by atoms with E-state index in [-0.39, 0.29) is 12.1 Å². The molecule has 0 heterocycles. The van der Waals surface area contributed by atoms with E-state index in [1.807, 2.05) is 0 Å².